The Morgan fingerprint density at radius 3 is 2.52 bits per heavy atom. The van der Waals surface area contributed by atoms with Gasteiger partial charge in [0.2, 0.25) is 0 Å². The molecule has 4 aromatic rings. The van der Waals surface area contributed by atoms with Crippen LogP contribution in [-0.2, 0) is 21.5 Å². The van der Waals surface area contributed by atoms with Crippen molar-refractivity contribution in [3.05, 3.63) is 72.1 Å². The molecule has 0 aliphatic carbocycles. The van der Waals surface area contributed by atoms with E-state index >= 15 is 0 Å². The molecule has 0 bridgehead atoms. The number of methoxy groups -OCH3 is 2. The van der Waals surface area contributed by atoms with E-state index in [1.165, 1.54) is 31.0 Å². The van der Waals surface area contributed by atoms with Gasteiger partial charge in [-0.25, -0.2) is 9.48 Å². The standard InChI is InChI=1S/C22H19N3O7S/c1-30-20-11-14(22(26)31-2)9-10-19(20)32-13-15-12-25(24-23-15)18-7-3-6-17-16(18)5-4-8-21(17)33(27,28)29/h3-12H,13H2,1-2H3,(H,27,28,29). The summed E-state index contributed by atoms with van der Waals surface area (Å²) in [5.74, 6) is 0.273. The van der Waals surface area contributed by atoms with Crippen LogP contribution < -0.4 is 9.47 Å². The van der Waals surface area contributed by atoms with Gasteiger partial charge in [-0.2, -0.15) is 8.42 Å². The van der Waals surface area contributed by atoms with Gasteiger partial charge in [0.25, 0.3) is 10.1 Å². The fourth-order valence-corrected chi connectivity index (χ4v) is 4.06. The third kappa shape index (κ3) is 4.49. The Morgan fingerprint density at radius 2 is 1.79 bits per heavy atom. The van der Waals surface area contributed by atoms with Gasteiger partial charge in [0.1, 0.15) is 17.2 Å². The van der Waals surface area contributed by atoms with Crippen molar-refractivity contribution in [1.29, 1.82) is 0 Å². The number of aromatic nitrogens is 3. The van der Waals surface area contributed by atoms with Gasteiger partial charge in [-0.15, -0.1) is 5.10 Å². The molecule has 0 saturated heterocycles. The van der Waals surface area contributed by atoms with Gasteiger partial charge in [-0.05, 0) is 30.3 Å². The molecule has 170 valence electrons. The zero-order valence-electron chi connectivity index (χ0n) is 17.6. The van der Waals surface area contributed by atoms with E-state index in [9.17, 15) is 17.8 Å². The van der Waals surface area contributed by atoms with Gasteiger partial charge in [-0.1, -0.05) is 29.5 Å². The van der Waals surface area contributed by atoms with Crippen LogP contribution in [0.25, 0.3) is 16.5 Å². The van der Waals surface area contributed by atoms with E-state index in [1.807, 2.05) is 0 Å². The van der Waals surface area contributed by atoms with Gasteiger partial charge in [0.05, 0.1) is 31.7 Å². The zero-order valence-corrected chi connectivity index (χ0v) is 18.4. The fourth-order valence-electron chi connectivity index (χ4n) is 3.35. The second-order valence-corrected chi connectivity index (χ2v) is 8.29. The van der Waals surface area contributed by atoms with Crippen LogP contribution in [0.3, 0.4) is 0 Å². The summed E-state index contributed by atoms with van der Waals surface area (Å²) < 4.78 is 50.2. The molecular formula is C22H19N3O7S. The number of carbonyl (C=O) groups is 1. The number of benzene rings is 3. The highest BCUT2D eigenvalue weighted by molar-refractivity contribution is 7.86. The maximum atomic E-state index is 11.7. The topological polar surface area (TPSA) is 130 Å². The second kappa shape index (κ2) is 8.88. The maximum Gasteiger partial charge on any atom is 0.337 e. The highest BCUT2D eigenvalue weighted by atomic mass is 32.2. The lowest BCUT2D eigenvalue weighted by Gasteiger charge is -2.10. The molecule has 11 heteroatoms. The van der Waals surface area contributed by atoms with E-state index in [-0.39, 0.29) is 11.5 Å². The fraction of sp³-hybridized carbons (Fsp3) is 0.136. The van der Waals surface area contributed by atoms with Crippen LogP contribution in [0.4, 0.5) is 0 Å². The summed E-state index contributed by atoms with van der Waals surface area (Å²) in [6.07, 6.45) is 1.64. The molecule has 0 fully saturated rings. The maximum absolute atomic E-state index is 11.7. The minimum Gasteiger partial charge on any atom is -0.493 e. The number of carbonyl (C=O) groups excluding carboxylic acids is 1. The van der Waals surface area contributed by atoms with Crippen LogP contribution in [0.5, 0.6) is 11.5 Å². The first-order valence-electron chi connectivity index (χ1n) is 9.62. The predicted molar refractivity (Wildman–Crippen MR) is 117 cm³/mol. The van der Waals surface area contributed by atoms with E-state index in [1.54, 1.807) is 48.7 Å². The van der Waals surface area contributed by atoms with E-state index in [0.717, 1.165) is 0 Å². The molecule has 1 heterocycles. The third-order valence-electron chi connectivity index (χ3n) is 4.88. The lowest BCUT2D eigenvalue weighted by atomic mass is 10.1. The number of ether oxygens (including phenoxy) is 3. The van der Waals surface area contributed by atoms with Gasteiger partial charge >= 0.3 is 5.97 Å². The monoisotopic (exact) mass is 469 g/mol. The summed E-state index contributed by atoms with van der Waals surface area (Å²) in [4.78, 5) is 11.5. The first kappa shape index (κ1) is 22.2. The van der Waals surface area contributed by atoms with Gasteiger partial charge in [0.15, 0.2) is 11.5 Å². The van der Waals surface area contributed by atoms with Crippen LogP contribution in [-0.4, -0.2) is 48.2 Å². The van der Waals surface area contributed by atoms with Crippen molar-refractivity contribution in [2.45, 2.75) is 11.5 Å². The van der Waals surface area contributed by atoms with E-state index in [0.29, 0.717) is 39.2 Å². The first-order chi connectivity index (χ1) is 15.8. The lowest BCUT2D eigenvalue weighted by Crippen LogP contribution is -2.03. The van der Waals surface area contributed by atoms with Crippen molar-refractivity contribution in [3.63, 3.8) is 0 Å². The van der Waals surface area contributed by atoms with Gasteiger partial charge in [0, 0.05) is 10.8 Å². The molecule has 0 aliphatic heterocycles. The van der Waals surface area contributed by atoms with Crippen LogP contribution in [0.2, 0.25) is 0 Å². The largest absolute Gasteiger partial charge is 0.493 e. The quantitative estimate of drug-likeness (QED) is 0.321. The molecule has 0 aliphatic rings. The minimum absolute atomic E-state index is 0.0645. The summed E-state index contributed by atoms with van der Waals surface area (Å²) in [5, 5.41) is 9.16. The van der Waals surface area contributed by atoms with Crippen molar-refractivity contribution in [2.75, 3.05) is 14.2 Å². The summed E-state index contributed by atoms with van der Waals surface area (Å²) in [5.41, 5.74) is 1.40. The molecule has 0 atom stereocenters. The van der Waals surface area contributed by atoms with Crippen LogP contribution in [0, 0.1) is 0 Å². The van der Waals surface area contributed by atoms with Crippen molar-refractivity contribution in [1.82, 2.24) is 15.0 Å². The molecule has 0 radical (unpaired) electrons. The van der Waals surface area contributed by atoms with E-state index < -0.39 is 16.1 Å². The van der Waals surface area contributed by atoms with Crippen molar-refractivity contribution >= 4 is 26.9 Å². The summed E-state index contributed by atoms with van der Waals surface area (Å²) in [6, 6.07) is 14.3. The highest BCUT2D eigenvalue weighted by Gasteiger charge is 2.16. The molecule has 0 spiro atoms. The first-order valence-corrected chi connectivity index (χ1v) is 11.1. The number of fused-ring (bicyclic) bond motifs is 1. The number of hydrogen-bond acceptors (Lipinski definition) is 8. The van der Waals surface area contributed by atoms with Crippen LogP contribution >= 0.6 is 0 Å². The van der Waals surface area contributed by atoms with Crippen molar-refractivity contribution in [3.8, 4) is 17.2 Å². The average molecular weight is 469 g/mol. The molecule has 10 nitrogen and oxygen atoms in total. The SMILES string of the molecule is COC(=O)c1ccc(OCc2cn(-c3cccc4c(S(=O)(=O)O)cccc34)nn2)c(OC)c1. The Bertz CT molecular complexity index is 1450. The Hall–Kier alpha value is -3.96. The Balaban J connectivity index is 1.60. The van der Waals surface area contributed by atoms with Crippen molar-refractivity contribution in [2.24, 2.45) is 0 Å². The van der Waals surface area contributed by atoms with Gasteiger partial charge in [-0.3, -0.25) is 4.55 Å². The molecule has 0 amide bonds. The summed E-state index contributed by atoms with van der Waals surface area (Å²) >= 11 is 0. The Morgan fingerprint density at radius 1 is 1.03 bits per heavy atom. The molecule has 0 unspecified atom stereocenters. The average Bonchev–Trinajstić information content (AvgIpc) is 3.29. The van der Waals surface area contributed by atoms with Crippen LogP contribution in [0.1, 0.15) is 16.1 Å². The Labute approximate surface area is 189 Å². The van der Waals surface area contributed by atoms with E-state index in [4.69, 9.17) is 14.2 Å². The predicted octanol–water partition coefficient (Wildman–Crippen LogP) is 3.04. The van der Waals surface area contributed by atoms with E-state index in [2.05, 4.69) is 10.3 Å². The molecule has 3 aromatic carbocycles. The smallest absolute Gasteiger partial charge is 0.337 e. The summed E-state index contributed by atoms with van der Waals surface area (Å²) in [6.45, 7) is 0.0645. The van der Waals surface area contributed by atoms with Gasteiger partial charge < -0.3 is 14.2 Å². The number of esters is 1. The molecule has 33 heavy (non-hydrogen) atoms. The molecule has 1 aromatic heterocycles. The number of rotatable bonds is 7. The molecule has 4 rings (SSSR count). The normalized spacial score (nSPS) is 11.4. The molecule has 1 N–H and O–H groups in total. The highest BCUT2D eigenvalue weighted by Crippen LogP contribution is 2.30. The number of nitrogens with zero attached hydrogens (tertiary/aromatic N) is 3. The molecule has 0 saturated carbocycles. The Kier molecular flexibility index (Phi) is 5.99. The lowest BCUT2D eigenvalue weighted by molar-refractivity contribution is 0.0600. The number of hydrogen-bond donors (Lipinski definition) is 1. The van der Waals surface area contributed by atoms with Crippen LogP contribution in [0.15, 0.2) is 65.7 Å². The van der Waals surface area contributed by atoms with Crippen molar-refractivity contribution < 1.29 is 32.0 Å². The second-order valence-electron chi connectivity index (χ2n) is 6.90. The minimum atomic E-state index is -4.39. The third-order valence-corrected chi connectivity index (χ3v) is 5.80. The zero-order chi connectivity index (χ0) is 23.6. The summed E-state index contributed by atoms with van der Waals surface area (Å²) in [7, 11) is -1.63. The molecular weight excluding hydrogens is 450 g/mol.